The molecule has 1 nitrogen and oxygen atoms in total. The van der Waals surface area contributed by atoms with Crippen LogP contribution in [0, 0.1) is 0 Å². The molecule has 1 heteroatoms. The SMILES string of the molecule is CCCCc1cc(CCCC)c(CCCC)cn1. The summed E-state index contributed by atoms with van der Waals surface area (Å²) < 4.78 is 0. The lowest BCUT2D eigenvalue weighted by Gasteiger charge is -2.10. The number of nitrogens with zero attached hydrogens (tertiary/aromatic N) is 1. The van der Waals surface area contributed by atoms with Crippen molar-refractivity contribution in [3.05, 3.63) is 29.1 Å². The van der Waals surface area contributed by atoms with Gasteiger partial charge in [-0.15, -0.1) is 0 Å². The van der Waals surface area contributed by atoms with Crippen molar-refractivity contribution in [3.63, 3.8) is 0 Å². The maximum atomic E-state index is 4.64. The Morgan fingerprint density at radius 1 is 0.778 bits per heavy atom. The standard InChI is InChI=1S/C17H29N/c1-4-7-10-15-13-17(12-9-6-3)18-14-16(15)11-8-5-2/h13-14H,4-12H2,1-3H3. The normalized spacial score (nSPS) is 10.8. The number of aryl methyl sites for hydroxylation is 3. The third kappa shape index (κ3) is 5.20. The minimum Gasteiger partial charge on any atom is -0.261 e. The molecule has 0 bridgehead atoms. The molecule has 0 aliphatic carbocycles. The fourth-order valence-corrected chi connectivity index (χ4v) is 2.26. The second kappa shape index (κ2) is 9.13. The van der Waals surface area contributed by atoms with E-state index in [1.165, 1.54) is 62.6 Å². The van der Waals surface area contributed by atoms with Crippen LogP contribution in [0.15, 0.2) is 12.3 Å². The summed E-state index contributed by atoms with van der Waals surface area (Å²) in [4.78, 5) is 4.64. The first-order valence-electron chi connectivity index (χ1n) is 7.78. The summed E-state index contributed by atoms with van der Waals surface area (Å²) >= 11 is 0. The Morgan fingerprint density at radius 2 is 1.33 bits per heavy atom. The summed E-state index contributed by atoms with van der Waals surface area (Å²) in [6.45, 7) is 6.77. The number of hydrogen-bond acceptors (Lipinski definition) is 1. The van der Waals surface area contributed by atoms with Crippen molar-refractivity contribution in [3.8, 4) is 0 Å². The van der Waals surface area contributed by atoms with E-state index in [1.807, 2.05) is 0 Å². The van der Waals surface area contributed by atoms with Crippen molar-refractivity contribution < 1.29 is 0 Å². The predicted octanol–water partition coefficient (Wildman–Crippen LogP) is 5.11. The molecule has 0 radical (unpaired) electrons. The van der Waals surface area contributed by atoms with Crippen LogP contribution in [0.5, 0.6) is 0 Å². The smallest absolute Gasteiger partial charge is 0.0406 e. The fourth-order valence-electron chi connectivity index (χ4n) is 2.26. The van der Waals surface area contributed by atoms with E-state index < -0.39 is 0 Å². The monoisotopic (exact) mass is 247 g/mol. The lowest BCUT2D eigenvalue weighted by atomic mass is 9.98. The van der Waals surface area contributed by atoms with Gasteiger partial charge in [-0.1, -0.05) is 40.0 Å². The maximum Gasteiger partial charge on any atom is 0.0406 e. The highest BCUT2D eigenvalue weighted by atomic mass is 14.7. The zero-order valence-corrected chi connectivity index (χ0v) is 12.5. The molecule has 1 aromatic rings. The maximum absolute atomic E-state index is 4.64. The Balaban J connectivity index is 2.74. The molecule has 102 valence electrons. The highest BCUT2D eigenvalue weighted by Crippen LogP contribution is 2.16. The van der Waals surface area contributed by atoms with Crippen LogP contribution in [0.25, 0.3) is 0 Å². The summed E-state index contributed by atoms with van der Waals surface area (Å²) in [6, 6.07) is 2.37. The molecule has 0 aliphatic rings. The number of rotatable bonds is 9. The van der Waals surface area contributed by atoms with E-state index in [9.17, 15) is 0 Å². The van der Waals surface area contributed by atoms with E-state index in [-0.39, 0.29) is 0 Å². The van der Waals surface area contributed by atoms with Crippen molar-refractivity contribution >= 4 is 0 Å². The summed E-state index contributed by atoms with van der Waals surface area (Å²) in [5.41, 5.74) is 4.35. The highest BCUT2D eigenvalue weighted by molar-refractivity contribution is 5.27. The Kier molecular flexibility index (Phi) is 7.71. The predicted molar refractivity (Wildman–Crippen MR) is 80.1 cm³/mol. The van der Waals surface area contributed by atoms with E-state index in [2.05, 4.69) is 38.0 Å². The van der Waals surface area contributed by atoms with Crippen LogP contribution in [0.3, 0.4) is 0 Å². The van der Waals surface area contributed by atoms with Gasteiger partial charge in [0, 0.05) is 11.9 Å². The van der Waals surface area contributed by atoms with E-state index >= 15 is 0 Å². The zero-order chi connectivity index (χ0) is 13.2. The minimum atomic E-state index is 1.14. The second-order valence-electron chi connectivity index (χ2n) is 5.26. The third-order valence-corrected chi connectivity index (χ3v) is 3.53. The molecule has 1 rings (SSSR count). The summed E-state index contributed by atoms with van der Waals surface area (Å²) in [6.07, 6.45) is 13.4. The van der Waals surface area contributed by atoms with Crippen LogP contribution < -0.4 is 0 Å². The number of unbranched alkanes of at least 4 members (excludes halogenated alkanes) is 3. The van der Waals surface area contributed by atoms with Crippen molar-refractivity contribution in [2.45, 2.75) is 78.6 Å². The van der Waals surface area contributed by atoms with E-state index in [0.717, 1.165) is 6.42 Å². The molecule has 1 heterocycles. The summed E-state index contributed by atoms with van der Waals surface area (Å²) in [5, 5.41) is 0. The molecule has 18 heavy (non-hydrogen) atoms. The molecule has 0 saturated heterocycles. The first-order chi connectivity index (χ1) is 8.81. The van der Waals surface area contributed by atoms with Gasteiger partial charge < -0.3 is 0 Å². The molecule has 0 aromatic carbocycles. The van der Waals surface area contributed by atoms with Gasteiger partial charge in [-0.25, -0.2) is 0 Å². The topological polar surface area (TPSA) is 12.9 Å². The summed E-state index contributed by atoms with van der Waals surface area (Å²) in [7, 11) is 0. The first-order valence-corrected chi connectivity index (χ1v) is 7.78. The Hall–Kier alpha value is -0.850. The Labute approximate surface area is 113 Å². The van der Waals surface area contributed by atoms with Gasteiger partial charge >= 0.3 is 0 Å². The molecule has 0 amide bonds. The lowest BCUT2D eigenvalue weighted by molar-refractivity contribution is 0.739. The van der Waals surface area contributed by atoms with Crippen molar-refractivity contribution in [2.24, 2.45) is 0 Å². The van der Waals surface area contributed by atoms with Gasteiger partial charge in [-0.2, -0.15) is 0 Å². The molecular formula is C17H29N. The van der Waals surface area contributed by atoms with E-state index in [4.69, 9.17) is 0 Å². The van der Waals surface area contributed by atoms with Crippen LogP contribution in [0.4, 0.5) is 0 Å². The van der Waals surface area contributed by atoms with E-state index in [0.29, 0.717) is 0 Å². The fraction of sp³-hybridized carbons (Fsp3) is 0.706. The number of pyridine rings is 1. The van der Waals surface area contributed by atoms with Gasteiger partial charge in [-0.3, -0.25) is 4.98 Å². The summed E-state index contributed by atoms with van der Waals surface area (Å²) in [5.74, 6) is 0. The van der Waals surface area contributed by atoms with E-state index in [1.54, 1.807) is 5.56 Å². The van der Waals surface area contributed by atoms with Crippen LogP contribution in [-0.4, -0.2) is 4.98 Å². The van der Waals surface area contributed by atoms with Crippen LogP contribution in [0.1, 0.15) is 76.1 Å². The average Bonchev–Trinajstić information content (AvgIpc) is 2.41. The molecular weight excluding hydrogens is 218 g/mol. The quantitative estimate of drug-likeness (QED) is 0.591. The Morgan fingerprint density at radius 3 is 1.94 bits per heavy atom. The molecule has 1 aromatic heterocycles. The highest BCUT2D eigenvalue weighted by Gasteiger charge is 2.05. The van der Waals surface area contributed by atoms with Gasteiger partial charge in [0.1, 0.15) is 0 Å². The second-order valence-corrected chi connectivity index (χ2v) is 5.26. The molecule has 0 unspecified atom stereocenters. The van der Waals surface area contributed by atoms with Crippen molar-refractivity contribution in [1.29, 1.82) is 0 Å². The van der Waals surface area contributed by atoms with Crippen LogP contribution in [0.2, 0.25) is 0 Å². The third-order valence-electron chi connectivity index (χ3n) is 3.53. The molecule has 0 saturated carbocycles. The van der Waals surface area contributed by atoms with Gasteiger partial charge in [0.05, 0.1) is 0 Å². The minimum absolute atomic E-state index is 1.14. The van der Waals surface area contributed by atoms with Gasteiger partial charge in [0.2, 0.25) is 0 Å². The van der Waals surface area contributed by atoms with Gasteiger partial charge in [0.25, 0.3) is 0 Å². The molecule has 0 atom stereocenters. The van der Waals surface area contributed by atoms with Crippen LogP contribution in [-0.2, 0) is 19.3 Å². The van der Waals surface area contributed by atoms with Gasteiger partial charge in [-0.05, 0) is 55.7 Å². The Bertz CT molecular complexity index is 330. The zero-order valence-electron chi connectivity index (χ0n) is 12.5. The van der Waals surface area contributed by atoms with Crippen molar-refractivity contribution in [1.82, 2.24) is 4.98 Å². The first kappa shape index (κ1) is 15.2. The number of hydrogen-bond donors (Lipinski definition) is 0. The molecule has 0 spiro atoms. The van der Waals surface area contributed by atoms with Crippen LogP contribution >= 0.6 is 0 Å². The molecule has 0 fully saturated rings. The molecule has 0 aliphatic heterocycles. The lowest BCUT2D eigenvalue weighted by Crippen LogP contribution is -2.00. The van der Waals surface area contributed by atoms with Gasteiger partial charge in [0.15, 0.2) is 0 Å². The average molecular weight is 247 g/mol. The number of aromatic nitrogens is 1. The van der Waals surface area contributed by atoms with Crippen molar-refractivity contribution in [2.75, 3.05) is 0 Å². The largest absolute Gasteiger partial charge is 0.261 e. The molecule has 0 N–H and O–H groups in total.